The lowest BCUT2D eigenvalue weighted by Gasteiger charge is -2.16. The van der Waals surface area contributed by atoms with E-state index in [2.05, 4.69) is 31.3 Å². The maximum absolute atomic E-state index is 3.52. The smallest absolute Gasteiger partial charge is 0.0162 e. The second-order valence-electron chi connectivity index (χ2n) is 3.08. The van der Waals surface area contributed by atoms with Gasteiger partial charge in [-0.25, -0.2) is 0 Å². The fraction of sp³-hybridized carbons (Fsp3) is 0.778. The third kappa shape index (κ3) is 1.84. The van der Waals surface area contributed by atoms with Gasteiger partial charge in [-0.15, -0.1) is 0 Å². The summed E-state index contributed by atoms with van der Waals surface area (Å²) in [4.78, 5) is 0. The molecule has 0 aromatic carbocycles. The van der Waals surface area contributed by atoms with Crippen molar-refractivity contribution in [2.75, 3.05) is 6.54 Å². The second-order valence-corrected chi connectivity index (χ2v) is 3.08. The van der Waals surface area contributed by atoms with Gasteiger partial charge < -0.3 is 5.32 Å². The van der Waals surface area contributed by atoms with Crippen LogP contribution in [0, 0.1) is 5.92 Å². The van der Waals surface area contributed by atoms with Crippen LogP contribution in [0.3, 0.4) is 0 Å². The zero-order chi connectivity index (χ0) is 7.40. The highest BCUT2D eigenvalue weighted by molar-refractivity contribution is 5.02. The summed E-state index contributed by atoms with van der Waals surface area (Å²) in [6, 6.07) is 0.722. The molecule has 0 saturated carbocycles. The molecule has 0 spiro atoms. The zero-order valence-electron chi connectivity index (χ0n) is 6.93. The third-order valence-electron chi connectivity index (χ3n) is 2.12. The van der Waals surface area contributed by atoms with Crippen LogP contribution in [0.25, 0.3) is 0 Å². The summed E-state index contributed by atoms with van der Waals surface area (Å²) >= 11 is 0. The predicted molar refractivity (Wildman–Crippen MR) is 45.0 cm³/mol. The minimum Gasteiger partial charge on any atom is -0.313 e. The Morgan fingerprint density at radius 1 is 1.60 bits per heavy atom. The highest BCUT2D eigenvalue weighted by Crippen LogP contribution is 2.16. The van der Waals surface area contributed by atoms with Gasteiger partial charge in [0.1, 0.15) is 0 Å². The first kappa shape index (κ1) is 7.80. The van der Waals surface area contributed by atoms with Crippen molar-refractivity contribution in [1.82, 2.24) is 5.32 Å². The van der Waals surface area contributed by atoms with Crippen LogP contribution in [0.1, 0.15) is 26.7 Å². The SMILES string of the molecule is CCCNC1CC=CC1C. The Balaban J connectivity index is 2.17. The summed E-state index contributed by atoms with van der Waals surface area (Å²) in [6.45, 7) is 5.65. The molecule has 58 valence electrons. The van der Waals surface area contributed by atoms with E-state index in [9.17, 15) is 0 Å². The molecule has 0 saturated heterocycles. The van der Waals surface area contributed by atoms with Crippen molar-refractivity contribution in [3.8, 4) is 0 Å². The number of hydrogen-bond acceptors (Lipinski definition) is 1. The highest BCUT2D eigenvalue weighted by atomic mass is 14.9. The molecule has 0 radical (unpaired) electrons. The van der Waals surface area contributed by atoms with Crippen molar-refractivity contribution in [3.05, 3.63) is 12.2 Å². The Morgan fingerprint density at radius 2 is 2.40 bits per heavy atom. The number of hydrogen-bond donors (Lipinski definition) is 1. The van der Waals surface area contributed by atoms with E-state index in [0.717, 1.165) is 18.5 Å². The van der Waals surface area contributed by atoms with Crippen LogP contribution < -0.4 is 5.32 Å². The second kappa shape index (κ2) is 3.77. The number of nitrogens with one attached hydrogen (secondary N) is 1. The Labute approximate surface area is 63.5 Å². The van der Waals surface area contributed by atoms with Gasteiger partial charge in [0, 0.05) is 6.04 Å². The largest absolute Gasteiger partial charge is 0.313 e. The molecular weight excluding hydrogens is 122 g/mol. The van der Waals surface area contributed by atoms with Crippen molar-refractivity contribution in [1.29, 1.82) is 0 Å². The van der Waals surface area contributed by atoms with Crippen molar-refractivity contribution >= 4 is 0 Å². The lowest BCUT2D eigenvalue weighted by Crippen LogP contribution is -2.31. The van der Waals surface area contributed by atoms with E-state index in [0.29, 0.717) is 0 Å². The molecule has 0 aromatic heterocycles. The lowest BCUT2D eigenvalue weighted by atomic mass is 10.1. The maximum atomic E-state index is 3.52. The topological polar surface area (TPSA) is 12.0 Å². The Morgan fingerprint density at radius 3 is 2.90 bits per heavy atom. The zero-order valence-corrected chi connectivity index (χ0v) is 6.93. The van der Waals surface area contributed by atoms with Gasteiger partial charge in [0.25, 0.3) is 0 Å². The summed E-state index contributed by atoms with van der Waals surface area (Å²) in [5.74, 6) is 0.742. The molecule has 2 unspecified atom stereocenters. The molecule has 1 heteroatoms. The van der Waals surface area contributed by atoms with Crippen molar-refractivity contribution < 1.29 is 0 Å². The van der Waals surface area contributed by atoms with E-state index in [1.807, 2.05) is 0 Å². The molecule has 10 heavy (non-hydrogen) atoms. The van der Waals surface area contributed by atoms with Crippen LogP contribution in [-0.4, -0.2) is 12.6 Å². The van der Waals surface area contributed by atoms with Crippen LogP contribution >= 0.6 is 0 Å². The molecule has 0 aromatic rings. The van der Waals surface area contributed by atoms with Crippen LogP contribution in [0.5, 0.6) is 0 Å². The van der Waals surface area contributed by atoms with E-state index in [1.165, 1.54) is 12.8 Å². The van der Waals surface area contributed by atoms with E-state index < -0.39 is 0 Å². The first-order valence-electron chi connectivity index (χ1n) is 4.24. The molecule has 1 N–H and O–H groups in total. The molecule has 0 amide bonds. The minimum atomic E-state index is 0.722. The average molecular weight is 139 g/mol. The monoisotopic (exact) mass is 139 g/mol. The molecule has 0 bridgehead atoms. The van der Waals surface area contributed by atoms with E-state index in [4.69, 9.17) is 0 Å². The lowest BCUT2D eigenvalue weighted by molar-refractivity contribution is 0.455. The average Bonchev–Trinajstić information content (AvgIpc) is 2.31. The Bertz CT molecular complexity index is 118. The van der Waals surface area contributed by atoms with Crippen molar-refractivity contribution in [2.45, 2.75) is 32.7 Å². The van der Waals surface area contributed by atoms with Crippen molar-refractivity contribution in [3.63, 3.8) is 0 Å². The summed E-state index contributed by atoms with van der Waals surface area (Å²) in [6.07, 6.45) is 7.04. The molecular formula is C9H17N. The molecule has 0 aliphatic heterocycles. The molecule has 2 atom stereocenters. The third-order valence-corrected chi connectivity index (χ3v) is 2.12. The van der Waals surface area contributed by atoms with Crippen LogP contribution in [-0.2, 0) is 0 Å². The van der Waals surface area contributed by atoms with Gasteiger partial charge in [0.05, 0.1) is 0 Å². The molecule has 0 fully saturated rings. The minimum absolute atomic E-state index is 0.722. The van der Waals surface area contributed by atoms with Gasteiger partial charge in [-0.05, 0) is 25.3 Å². The van der Waals surface area contributed by atoms with E-state index in [-0.39, 0.29) is 0 Å². The predicted octanol–water partition coefficient (Wildman–Crippen LogP) is 1.95. The van der Waals surface area contributed by atoms with Gasteiger partial charge in [-0.2, -0.15) is 0 Å². The summed E-state index contributed by atoms with van der Waals surface area (Å²) in [7, 11) is 0. The summed E-state index contributed by atoms with van der Waals surface area (Å²) in [5, 5.41) is 3.52. The Kier molecular flexibility index (Phi) is 2.94. The van der Waals surface area contributed by atoms with E-state index >= 15 is 0 Å². The standard InChI is InChI=1S/C9H17N/c1-3-7-10-9-6-4-5-8(9)2/h4-5,8-10H,3,6-7H2,1-2H3. The van der Waals surface area contributed by atoms with Crippen LogP contribution in [0.2, 0.25) is 0 Å². The van der Waals surface area contributed by atoms with Gasteiger partial charge >= 0.3 is 0 Å². The summed E-state index contributed by atoms with van der Waals surface area (Å²) in [5.41, 5.74) is 0. The fourth-order valence-electron chi connectivity index (χ4n) is 1.39. The fourth-order valence-corrected chi connectivity index (χ4v) is 1.39. The molecule has 1 aliphatic carbocycles. The first-order valence-corrected chi connectivity index (χ1v) is 4.24. The van der Waals surface area contributed by atoms with Crippen molar-refractivity contribution in [2.24, 2.45) is 5.92 Å². The number of rotatable bonds is 3. The normalized spacial score (nSPS) is 31.4. The Hall–Kier alpha value is -0.300. The van der Waals surface area contributed by atoms with E-state index in [1.54, 1.807) is 0 Å². The quantitative estimate of drug-likeness (QED) is 0.589. The van der Waals surface area contributed by atoms with Crippen LogP contribution in [0.4, 0.5) is 0 Å². The molecule has 1 rings (SSSR count). The highest BCUT2D eigenvalue weighted by Gasteiger charge is 2.16. The maximum Gasteiger partial charge on any atom is 0.0162 e. The van der Waals surface area contributed by atoms with Gasteiger partial charge in [-0.1, -0.05) is 26.0 Å². The summed E-state index contributed by atoms with van der Waals surface area (Å²) < 4.78 is 0. The molecule has 1 aliphatic rings. The van der Waals surface area contributed by atoms with Gasteiger partial charge in [-0.3, -0.25) is 0 Å². The molecule has 0 heterocycles. The van der Waals surface area contributed by atoms with Crippen LogP contribution in [0.15, 0.2) is 12.2 Å². The van der Waals surface area contributed by atoms with Gasteiger partial charge in [0.15, 0.2) is 0 Å². The molecule has 1 nitrogen and oxygen atoms in total. The van der Waals surface area contributed by atoms with Gasteiger partial charge in [0.2, 0.25) is 0 Å². The first-order chi connectivity index (χ1) is 4.84.